The van der Waals surface area contributed by atoms with Crippen molar-refractivity contribution < 1.29 is 32.6 Å². The Bertz CT molecular complexity index is 1390. The second-order valence-corrected chi connectivity index (χ2v) is 11.3. The Hall–Kier alpha value is -3.27. The zero-order valence-corrected chi connectivity index (χ0v) is 24.2. The van der Waals surface area contributed by atoms with Crippen LogP contribution in [-0.4, -0.2) is 54.0 Å². The summed E-state index contributed by atoms with van der Waals surface area (Å²) in [6.45, 7) is -2.02. The zero-order chi connectivity index (χ0) is 29.6. The van der Waals surface area contributed by atoms with Gasteiger partial charge in [0.2, 0.25) is 0 Å². The van der Waals surface area contributed by atoms with Crippen LogP contribution in [0.2, 0.25) is 10.0 Å². The van der Waals surface area contributed by atoms with Gasteiger partial charge >= 0.3 is 12.6 Å². The fraction of sp³-hybridized carbons (Fsp3) is 0.387. The SMILES string of the molecule is O=C(CN1CCC[C@H]1C(=O)O[C@@H](Cc1c(Cl)cncc1Cl)c1ccc(OC(F)F)c(OCC2CC2)c1)c1ccccc1. The average molecular weight is 619 g/mol. The molecule has 2 atom stereocenters. The van der Waals surface area contributed by atoms with Gasteiger partial charge < -0.3 is 14.2 Å². The van der Waals surface area contributed by atoms with Gasteiger partial charge in [0.05, 0.1) is 23.2 Å². The molecule has 2 aromatic carbocycles. The molecule has 7 nitrogen and oxygen atoms in total. The number of rotatable bonds is 13. The molecule has 42 heavy (non-hydrogen) atoms. The van der Waals surface area contributed by atoms with Gasteiger partial charge in [0.1, 0.15) is 12.1 Å². The number of benzene rings is 2. The summed E-state index contributed by atoms with van der Waals surface area (Å²) in [6, 6.07) is 12.8. The summed E-state index contributed by atoms with van der Waals surface area (Å²) in [7, 11) is 0. The number of carbonyl (C=O) groups is 2. The van der Waals surface area contributed by atoms with E-state index in [9.17, 15) is 18.4 Å². The number of carbonyl (C=O) groups excluding carboxylic acids is 2. The molecule has 11 heteroatoms. The molecule has 1 saturated heterocycles. The lowest BCUT2D eigenvalue weighted by Gasteiger charge is -2.26. The Labute approximate surface area is 252 Å². The van der Waals surface area contributed by atoms with E-state index in [1.807, 2.05) is 11.0 Å². The van der Waals surface area contributed by atoms with Crippen molar-refractivity contribution in [1.82, 2.24) is 9.88 Å². The van der Waals surface area contributed by atoms with Crippen LogP contribution in [0, 0.1) is 5.92 Å². The highest BCUT2D eigenvalue weighted by atomic mass is 35.5. The van der Waals surface area contributed by atoms with Crippen molar-refractivity contribution in [2.45, 2.75) is 50.9 Å². The van der Waals surface area contributed by atoms with Crippen molar-refractivity contribution in [3.05, 3.63) is 87.7 Å². The summed E-state index contributed by atoms with van der Waals surface area (Å²) in [6.07, 6.45) is 5.36. The summed E-state index contributed by atoms with van der Waals surface area (Å²) in [5.41, 5.74) is 1.58. The first-order chi connectivity index (χ1) is 20.3. The van der Waals surface area contributed by atoms with Gasteiger partial charge in [-0.2, -0.15) is 8.78 Å². The molecule has 2 heterocycles. The van der Waals surface area contributed by atoms with Crippen LogP contribution in [0.1, 0.15) is 53.3 Å². The Balaban J connectivity index is 1.40. The summed E-state index contributed by atoms with van der Waals surface area (Å²) >= 11 is 12.8. The maximum atomic E-state index is 13.6. The van der Waals surface area contributed by atoms with E-state index >= 15 is 0 Å². The molecule has 0 N–H and O–H groups in total. The molecular formula is C31H30Cl2F2N2O5. The summed E-state index contributed by atoms with van der Waals surface area (Å²) in [4.78, 5) is 32.3. The number of halogens is 4. The lowest BCUT2D eigenvalue weighted by molar-refractivity contribution is -0.154. The third-order valence-electron chi connectivity index (χ3n) is 7.41. The summed E-state index contributed by atoms with van der Waals surface area (Å²) in [5.74, 6) is -0.213. The predicted octanol–water partition coefficient (Wildman–Crippen LogP) is 6.95. The van der Waals surface area contributed by atoms with E-state index in [2.05, 4.69) is 9.72 Å². The lowest BCUT2D eigenvalue weighted by Crippen LogP contribution is -2.40. The first kappa shape index (κ1) is 30.2. The molecule has 0 radical (unpaired) electrons. The van der Waals surface area contributed by atoms with Crippen LogP contribution in [0.4, 0.5) is 8.78 Å². The highest BCUT2D eigenvalue weighted by Gasteiger charge is 2.35. The van der Waals surface area contributed by atoms with E-state index in [1.54, 1.807) is 36.4 Å². The number of nitrogens with zero attached hydrogens (tertiary/aromatic N) is 2. The number of ether oxygens (including phenoxy) is 3. The molecule has 2 fully saturated rings. The highest BCUT2D eigenvalue weighted by molar-refractivity contribution is 6.35. The number of hydrogen-bond donors (Lipinski definition) is 0. The molecule has 5 rings (SSSR count). The quantitative estimate of drug-likeness (QED) is 0.151. The summed E-state index contributed by atoms with van der Waals surface area (Å²) < 4.78 is 42.9. The van der Waals surface area contributed by atoms with Gasteiger partial charge in [-0.05, 0) is 61.4 Å². The van der Waals surface area contributed by atoms with E-state index < -0.39 is 24.7 Å². The number of Topliss-reactive ketones (excluding diaryl/α,β-unsaturated/α-hetero) is 1. The van der Waals surface area contributed by atoms with Gasteiger partial charge in [0.15, 0.2) is 17.3 Å². The van der Waals surface area contributed by atoms with Crippen molar-refractivity contribution in [3.8, 4) is 11.5 Å². The molecule has 1 aliphatic heterocycles. The molecule has 0 unspecified atom stereocenters. The number of hydrogen-bond acceptors (Lipinski definition) is 7. The molecule has 1 aromatic heterocycles. The maximum Gasteiger partial charge on any atom is 0.387 e. The van der Waals surface area contributed by atoms with E-state index in [4.69, 9.17) is 32.7 Å². The minimum atomic E-state index is -3.03. The van der Waals surface area contributed by atoms with Crippen LogP contribution < -0.4 is 9.47 Å². The van der Waals surface area contributed by atoms with Crippen molar-refractivity contribution in [1.29, 1.82) is 0 Å². The average Bonchev–Trinajstić information content (AvgIpc) is 3.69. The molecule has 222 valence electrons. The fourth-order valence-corrected chi connectivity index (χ4v) is 5.49. The van der Waals surface area contributed by atoms with Crippen LogP contribution in [0.15, 0.2) is 60.9 Å². The molecule has 0 bridgehead atoms. The van der Waals surface area contributed by atoms with E-state index in [0.29, 0.717) is 52.2 Å². The normalized spacial score (nSPS) is 17.7. The van der Waals surface area contributed by atoms with Gasteiger partial charge in [0, 0.05) is 24.4 Å². The van der Waals surface area contributed by atoms with Crippen LogP contribution in [0.3, 0.4) is 0 Å². The number of aromatic nitrogens is 1. The van der Waals surface area contributed by atoms with E-state index in [-0.39, 0.29) is 30.2 Å². The molecule has 1 saturated carbocycles. The Kier molecular flexibility index (Phi) is 9.92. The fourth-order valence-electron chi connectivity index (χ4n) is 4.97. The minimum absolute atomic E-state index is 0.0786. The lowest BCUT2D eigenvalue weighted by atomic mass is 10.0. The maximum absolute atomic E-state index is 13.6. The van der Waals surface area contributed by atoms with E-state index in [0.717, 1.165) is 19.3 Å². The third-order valence-corrected chi connectivity index (χ3v) is 8.06. The molecule has 0 spiro atoms. The van der Waals surface area contributed by atoms with Crippen LogP contribution in [0.5, 0.6) is 11.5 Å². The number of alkyl halides is 2. The molecule has 0 amide bonds. The Morgan fingerprint density at radius 2 is 1.74 bits per heavy atom. The third kappa shape index (κ3) is 7.76. The van der Waals surface area contributed by atoms with Gasteiger partial charge in [-0.25, -0.2) is 0 Å². The van der Waals surface area contributed by atoms with Crippen molar-refractivity contribution >= 4 is 35.0 Å². The second kappa shape index (κ2) is 13.8. The van der Waals surface area contributed by atoms with Crippen molar-refractivity contribution in [2.24, 2.45) is 5.92 Å². The van der Waals surface area contributed by atoms with Gasteiger partial charge in [0.25, 0.3) is 0 Å². The minimum Gasteiger partial charge on any atom is -0.489 e. The van der Waals surface area contributed by atoms with Crippen LogP contribution in [-0.2, 0) is 16.0 Å². The topological polar surface area (TPSA) is 78.0 Å². The smallest absolute Gasteiger partial charge is 0.387 e. The number of ketones is 1. The standard InChI is InChI=1S/C31H30Cl2F2N2O5/c32-23-15-36-16-24(33)22(23)14-28(21-10-11-27(42-31(34)35)29(13-21)40-18-19-8-9-19)41-30(39)25-7-4-12-37(25)17-26(38)20-5-2-1-3-6-20/h1-3,5-6,10-11,13,15-16,19,25,28,31H,4,7-9,12,14,17-18H2/t25-,28-/m0/s1. The van der Waals surface area contributed by atoms with Gasteiger partial charge in [-0.1, -0.05) is 59.6 Å². The highest BCUT2D eigenvalue weighted by Crippen LogP contribution is 2.38. The number of pyridine rings is 1. The Morgan fingerprint density at radius 3 is 2.43 bits per heavy atom. The summed E-state index contributed by atoms with van der Waals surface area (Å²) in [5, 5.41) is 0.588. The van der Waals surface area contributed by atoms with E-state index in [1.165, 1.54) is 18.5 Å². The molecule has 3 aromatic rings. The monoisotopic (exact) mass is 618 g/mol. The first-order valence-electron chi connectivity index (χ1n) is 13.8. The zero-order valence-electron chi connectivity index (χ0n) is 22.7. The van der Waals surface area contributed by atoms with Crippen LogP contribution >= 0.6 is 23.2 Å². The van der Waals surface area contributed by atoms with Crippen molar-refractivity contribution in [3.63, 3.8) is 0 Å². The van der Waals surface area contributed by atoms with Gasteiger partial charge in [-0.3, -0.25) is 19.5 Å². The van der Waals surface area contributed by atoms with Gasteiger partial charge in [-0.15, -0.1) is 0 Å². The Morgan fingerprint density at radius 1 is 1.00 bits per heavy atom. The predicted molar refractivity (Wildman–Crippen MR) is 153 cm³/mol. The first-order valence-corrected chi connectivity index (χ1v) is 14.6. The molecule has 2 aliphatic rings. The number of likely N-dealkylation sites (tertiary alicyclic amines) is 1. The van der Waals surface area contributed by atoms with Crippen LogP contribution in [0.25, 0.3) is 0 Å². The largest absolute Gasteiger partial charge is 0.489 e. The second-order valence-electron chi connectivity index (χ2n) is 10.5. The molecular weight excluding hydrogens is 589 g/mol. The number of esters is 1. The van der Waals surface area contributed by atoms with Crippen molar-refractivity contribution in [2.75, 3.05) is 19.7 Å². The molecule has 1 aliphatic carbocycles.